The van der Waals surface area contributed by atoms with Crippen molar-refractivity contribution in [1.82, 2.24) is 14.8 Å². The number of amides is 1. The zero-order chi connectivity index (χ0) is 28.1. The van der Waals surface area contributed by atoms with Crippen LogP contribution in [0.5, 0.6) is 11.5 Å². The van der Waals surface area contributed by atoms with E-state index >= 15 is 0 Å². The second-order valence-corrected chi connectivity index (χ2v) is 10.3. The van der Waals surface area contributed by atoms with Gasteiger partial charge in [0.2, 0.25) is 11.1 Å². The predicted octanol–water partition coefficient (Wildman–Crippen LogP) is 6.95. The fraction of sp³-hybridized carbons (Fsp3) is 0.233. The number of benzene rings is 3. The zero-order valence-corrected chi connectivity index (χ0v) is 24.1. The maximum Gasteiger partial charge on any atom is 0.255 e. The van der Waals surface area contributed by atoms with Gasteiger partial charge in [0.05, 0.1) is 24.5 Å². The molecule has 1 aliphatic rings. The van der Waals surface area contributed by atoms with Crippen molar-refractivity contribution in [2.24, 2.45) is 0 Å². The van der Waals surface area contributed by atoms with E-state index in [-0.39, 0.29) is 5.91 Å². The number of hydrogen-bond donors (Lipinski definition) is 2. The molecule has 0 fully saturated rings. The molecule has 5 rings (SSSR count). The topological polar surface area (TPSA) is 90.3 Å². The summed E-state index contributed by atoms with van der Waals surface area (Å²) in [6, 6.07) is 22.3. The van der Waals surface area contributed by atoms with Gasteiger partial charge in [-0.25, -0.2) is 4.68 Å². The SMILES string of the molecule is CCOc1cccc(C2C(C(=O)Nc3ccccc3OCC)=C(C)Nc3nc(SCc4ccccc4Cl)nn32)c1. The highest BCUT2D eigenvalue weighted by Gasteiger charge is 2.35. The normalized spacial score (nSPS) is 14.3. The summed E-state index contributed by atoms with van der Waals surface area (Å²) in [5.41, 5.74) is 3.64. The fourth-order valence-corrected chi connectivity index (χ4v) is 5.65. The first kappa shape index (κ1) is 27.6. The van der Waals surface area contributed by atoms with Gasteiger partial charge in [-0.3, -0.25) is 4.79 Å². The van der Waals surface area contributed by atoms with Crippen molar-refractivity contribution < 1.29 is 14.3 Å². The van der Waals surface area contributed by atoms with E-state index < -0.39 is 6.04 Å². The minimum atomic E-state index is -0.543. The number of fused-ring (bicyclic) bond motifs is 1. The van der Waals surface area contributed by atoms with Gasteiger partial charge in [-0.1, -0.05) is 65.8 Å². The molecule has 8 nitrogen and oxygen atoms in total. The van der Waals surface area contributed by atoms with Gasteiger partial charge in [-0.2, -0.15) is 4.98 Å². The fourth-order valence-electron chi connectivity index (χ4n) is 4.53. The molecule has 1 aliphatic heterocycles. The third-order valence-corrected chi connectivity index (χ3v) is 7.57. The van der Waals surface area contributed by atoms with Gasteiger partial charge in [0.25, 0.3) is 5.91 Å². The van der Waals surface area contributed by atoms with Crippen LogP contribution >= 0.6 is 23.4 Å². The van der Waals surface area contributed by atoms with Gasteiger partial charge < -0.3 is 20.1 Å². The summed E-state index contributed by atoms with van der Waals surface area (Å²) in [4.78, 5) is 18.7. The molecule has 0 saturated carbocycles. The minimum Gasteiger partial charge on any atom is -0.494 e. The zero-order valence-electron chi connectivity index (χ0n) is 22.5. The smallest absolute Gasteiger partial charge is 0.255 e. The van der Waals surface area contributed by atoms with Crippen LogP contribution in [-0.2, 0) is 10.5 Å². The van der Waals surface area contributed by atoms with E-state index in [0.29, 0.717) is 63.6 Å². The van der Waals surface area contributed by atoms with Crippen molar-refractivity contribution in [2.75, 3.05) is 23.8 Å². The Labute approximate surface area is 242 Å². The standard InChI is InChI=1S/C30H30ClN5O3S/c1-4-38-22-13-10-12-20(17-22)27-26(28(37)33-24-15-8-9-16-25(24)39-5-2)19(3)32-29-34-30(35-36(27)29)40-18-21-11-6-7-14-23(21)31/h6-17,27H,4-5,18H2,1-3H3,(H,33,37)(H,32,34,35). The lowest BCUT2D eigenvalue weighted by atomic mass is 9.94. The molecule has 0 saturated heterocycles. The first-order valence-corrected chi connectivity index (χ1v) is 14.4. The van der Waals surface area contributed by atoms with Crippen molar-refractivity contribution in [3.05, 3.63) is 100 Å². The maximum atomic E-state index is 13.9. The van der Waals surface area contributed by atoms with E-state index in [1.54, 1.807) is 4.68 Å². The van der Waals surface area contributed by atoms with Crippen molar-refractivity contribution in [1.29, 1.82) is 0 Å². The molecule has 0 radical (unpaired) electrons. The Hall–Kier alpha value is -3.95. The predicted molar refractivity (Wildman–Crippen MR) is 159 cm³/mol. The van der Waals surface area contributed by atoms with E-state index in [1.807, 2.05) is 93.6 Å². The number of nitrogens with zero attached hydrogens (tertiary/aromatic N) is 3. The number of thioether (sulfide) groups is 1. The van der Waals surface area contributed by atoms with E-state index in [0.717, 1.165) is 11.1 Å². The lowest BCUT2D eigenvalue weighted by Gasteiger charge is -2.29. The molecule has 40 heavy (non-hydrogen) atoms. The number of aromatic nitrogens is 3. The summed E-state index contributed by atoms with van der Waals surface area (Å²) in [5.74, 6) is 2.22. The lowest BCUT2D eigenvalue weighted by Crippen LogP contribution is -2.31. The molecule has 4 aromatic rings. The highest BCUT2D eigenvalue weighted by atomic mass is 35.5. The number of carbonyl (C=O) groups excluding carboxylic acids is 1. The number of rotatable bonds is 10. The molecule has 3 aromatic carbocycles. The van der Waals surface area contributed by atoms with Crippen LogP contribution in [0.15, 0.2) is 89.2 Å². The molecule has 206 valence electrons. The quantitative estimate of drug-likeness (QED) is 0.198. The average Bonchev–Trinajstić information content (AvgIpc) is 3.35. The Bertz CT molecular complexity index is 1550. The second kappa shape index (κ2) is 12.5. The molecule has 10 heteroatoms. The molecule has 1 aromatic heterocycles. The van der Waals surface area contributed by atoms with E-state index in [9.17, 15) is 4.79 Å². The molecular weight excluding hydrogens is 546 g/mol. The molecule has 1 atom stereocenters. The maximum absolute atomic E-state index is 13.9. The number of para-hydroxylation sites is 2. The number of ether oxygens (including phenoxy) is 2. The first-order chi connectivity index (χ1) is 19.5. The number of allylic oxidation sites excluding steroid dienone is 1. The van der Waals surface area contributed by atoms with Crippen molar-refractivity contribution >= 4 is 40.9 Å². The number of nitrogens with one attached hydrogen (secondary N) is 2. The second-order valence-electron chi connectivity index (χ2n) is 9.00. The third-order valence-electron chi connectivity index (χ3n) is 6.31. The molecule has 0 aliphatic carbocycles. The van der Waals surface area contributed by atoms with E-state index in [1.165, 1.54) is 11.8 Å². The summed E-state index contributed by atoms with van der Waals surface area (Å²) >= 11 is 7.84. The largest absolute Gasteiger partial charge is 0.494 e. The molecule has 2 N–H and O–H groups in total. The molecular formula is C30H30ClN5O3S. The highest BCUT2D eigenvalue weighted by Crippen LogP contribution is 2.38. The third kappa shape index (κ3) is 5.95. The molecule has 1 amide bonds. The van der Waals surface area contributed by atoms with Crippen molar-refractivity contribution in [2.45, 2.75) is 37.7 Å². The highest BCUT2D eigenvalue weighted by molar-refractivity contribution is 7.98. The van der Waals surface area contributed by atoms with Crippen LogP contribution in [0.2, 0.25) is 5.02 Å². The Kier molecular flexibility index (Phi) is 8.62. The molecule has 1 unspecified atom stereocenters. The van der Waals surface area contributed by atoms with Gasteiger partial charge in [-0.15, -0.1) is 5.10 Å². The Morgan fingerprint density at radius 1 is 1.05 bits per heavy atom. The number of hydrogen-bond acceptors (Lipinski definition) is 7. The summed E-state index contributed by atoms with van der Waals surface area (Å²) in [7, 11) is 0. The Morgan fingerprint density at radius 2 is 1.82 bits per heavy atom. The molecule has 2 heterocycles. The first-order valence-electron chi connectivity index (χ1n) is 13.0. The van der Waals surface area contributed by atoms with Crippen molar-refractivity contribution in [3.63, 3.8) is 0 Å². The Morgan fingerprint density at radius 3 is 2.62 bits per heavy atom. The lowest BCUT2D eigenvalue weighted by molar-refractivity contribution is -0.113. The van der Waals surface area contributed by atoms with Gasteiger partial charge in [-0.05, 0) is 62.2 Å². The number of halogens is 1. The summed E-state index contributed by atoms with van der Waals surface area (Å²) in [6.07, 6.45) is 0. The molecule has 0 bridgehead atoms. The van der Waals surface area contributed by atoms with Gasteiger partial charge >= 0.3 is 0 Å². The van der Waals surface area contributed by atoms with Gasteiger partial charge in [0, 0.05) is 16.5 Å². The van der Waals surface area contributed by atoms with Crippen LogP contribution in [0.3, 0.4) is 0 Å². The molecule has 0 spiro atoms. The summed E-state index contributed by atoms with van der Waals surface area (Å²) in [6.45, 7) is 6.74. The van der Waals surface area contributed by atoms with E-state index in [4.69, 9.17) is 31.2 Å². The van der Waals surface area contributed by atoms with Crippen molar-refractivity contribution in [3.8, 4) is 11.5 Å². The average molecular weight is 576 g/mol. The van der Waals surface area contributed by atoms with Crippen LogP contribution in [-0.4, -0.2) is 33.9 Å². The Balaban J connectivity index is 1.51. The van der Waals surface area contributed by atoms with E-state index in [2.05, 4.69) is 10.6 Å². The van der Waals surface area contributed by atoms with Crippen LogP contribution < -0.4 is 20.1 Å². The van der Waals surface area contributed by atoms with Gasteiger partial charge in [0.1, 0.15) is 17.5 Å². The summed E-state index contributed by atoms with van der Waals surface area (Å²) < 4.78 is 13.3. The monoisotopic (exact) mass is 575 g/mol. The minimum absolute atomic E-state index is 0.268. The van der Waals surface area contributed by atoms with Crippen LogP contribution in [0, 0.1) is 0 Å². The number of carbonyl (C=O) groups is 1. The van der Waals surface area contributed by atoms with Crippen LogP contribution in [0.1, 0.15) is 37.9 Å². The number of anilines is 2. The van der Waals surface area contributed by atoms with Crippen LogP contribution in [0.25, 0.3) is 0 Å². The van der Waals surface area contributed by atoms with Crippen LogP contribution in [0.4, 0.5) is 11.6 Å². The summed E-state index contributed by atoms with van der Waals surface area (Å²) in [5, 5.41) is 12.5. The van der Waals surface area contributed by atoms with Gasteiger partial charge in [0.15, 0.2) is 0 Å².